The Morgan fingerprint density at radius 1 is 1.14 bits per heavy atom. The van der Waals surface area contributed by atoms with Crippen LogP contribution in [-0.2, 0) is 16.1 Å². The maximum atomic E-state index is 12.4. The van der Waals surface area contributed by atoms with Crippen molar-refractivity contribution < 1.29 is 19.5 Å². The summed E-state index contributed by atoms with van der Waals surface area (Å²) >= 11 is 0. The first kappa shape index (κ1) is 18.3. The van der Waals surface area contributed by atoms with Crippen LogP contribution in [0.4, 0.5) is 0 Å². The van der Waals surface area contributed by atoms with E-state index < -0.39 is 5.97 Å². The number of phenols is 1. The lowest BCUT2D eigenvalue weighted by atomic mass is 9.86. The Hall–Kier alpha value is -3.08. The maximum Gasteiger partial charge on any atom is 0.368 e. The number of rotatable bonds is 2. The predicted octanol–water partition coefficient (Wildman–Crippen LogP) is 4.46. The molecule has 0 radical (unpaired) electrons. The van der Waals surface area contributed by atoms with E-state index in [4.69, 9.17) is 9.57 Å². The largest absolute Gasteiger partial charge is 0.507 e. The van der Waals surface area contributed by atoms with Gasteiger partial charge in [-0.1, -0.05) is 35.5 Å². The first-order valence-electron chi connectivity index (χ1n) is 9.39. The van der Waals surface area contributed by atoms with E-state index in [2.05, 4.69) is 19.0 Å². The molecule has 0 saturated heterocycles. The van der Waals surface area contributed by atoms with E-state index >= 15 is 0 Å². The molecule has 5 heteroatoms. The van der Waals surface area contributed by atoms with Gasteiger partial charge in [0.1, 0.15) is 22.8 Å². The Morgan fingerprint density at radius 2 is 1.86 bits per heavy atom. The minimum absolute atomic E-state index is 0.166. The summed E-state index contributed by atoms with van der Waals surface area (Å²) in [6.45, 7) is 7.93. The molecule has 4 rings (SSSR count). The summed E-state index contributed by atoms with van der Waals surface area (Å²) in [5.41, 5.74) is 4.50. The first-order chi connectivity index (χ1) is 13.3. The molecule has 144 valence electrons. The summed E-state index contributed by atoms with van der Waals surface area (Å²) in [5.74, 6) is 0.435. The number of hydrogen-bond donors (Lipinski definition) is 1. The number of nitrogens with zero attached hydrogens (tertiary/aromatic N) is 1. The van der Waals surface area contributed by atoms with Crippen molar-refractivity contribution in [2.75, 3.05) is 0 Å². The van der Waals surface area contributed by atoms with Gasteiger partial charge in [0, 0.05) is 16.7 Å². The zero-order chi connectivity index (χ0) is 20.1. The number of aromatic hydroxyl groups is 1. The van der Waals surface area contributed by atoms with Crippen molar-refractivity contribution in [3.05, 3.63) is 63.7 Å². The van der Waals surface area contributed by atoms with Crippen LogP contribution in [0.2, 0.25) is 0 Å². The van der Waals surface area contributed by atoms with Crippen LogP contribution >= 0.6 is 0 Å². The highest BCUT2D eigenvalue weighted by Crippen LogP contribution is 2.44. The topological polar surface area (TPSA) is 68.1 Å². The van der Waals surface area contributed by atoms with Crippen molar-refractivity contribution >= 4 is 17.8 Å². The number of ether oxygens (including phenoxy) is 1. The third-order valence-electron chi connectivity index (χ3n) is 5.50. The molecule has 5 nitrogen and oxygen atoms in total. The van der Waals surface area contributed by atoms with Crippen molar-refractivity contribution in [1.29, 1.82) is 0 Å². The van der Waals surface area contributed by atoms with Crippen LogP contribution in [0.1, 0.15) is 48.1 Å². The van der Waals surface area contributed by atoms with Gasteiger partial charge in [0.15, 0.2) is 0 Å². The van der Waals surface area contributed by atoms with Gasteiger partial charge in [-0.15, -0.1) is 0 Å². The van der Waals surface area contributed by atoms with Crippen LogP contribution in [-0.4, -0.2) is 22.4 Å². The smallest absolute Gasteiger partial charge is 0.368 e. The van der Waals surface area contributed by atoms with Gasteiger partial charge in [0.25, 0.3) is 0 Å². The van der Waals surface area contributed by atoms with E-state index in [9.17, 15) is 9.90 Å². The minimum Gasteiger partial charge on any atom is -0.507 e. The molecule has 0 amide bonds. The number of benzene rings is 2. The SMILES string of the molecule is Cc1c(C)c2c(c(/C=C3\C(=O)ON=C3c3ccccc3)c1O)CCC(C)(C)O2. The number of carbonyl (C=O) groups is 1. The van der Waals surface area contributed by atoms with Crippen molar-refractivity contribution in [2.45, 2.75) is 46.1 Å². The minimum atomic E-state index is -0.526. The number of oxime groups is 1. The van der Waals surface area contributed by atoms with E-state index in [1.54, 1.807) is 6.08 Å². The maximum absolute atomic E-state index is 12.4. The van der Waals surface area contributed by atoms with Gasteiger partial charge in [-0.25, -0.2) is 4.79 Å². The van der Waals surface area contributed by atoms with Crippen LogP contribution in [0.5, 0.6) is 11.5 Å². The highest BCUT2D eigenvalue weighted by Gasteiger charge is 2.33. The molecule has 2 aliphatic heterocycles. The summed E-state index contributed by atoms with van der Waals surface area (Å²) in [5, 5.41) is 14.8. The molecular formula is C23H23NO4. The van der Waals surface area contributed by atoms with Gasteiger partial charge in [-0.05, 0) is 57.7 Å². The third-order valence-corrected chi connectivity index (χ3v) is 5.50. The molecule has 2 aromatic carbocycles. The van der Waals surface area contributed by atoms with Crippen molar-refractivity contribution in [3.63, 3.8) is 0 Å². The Bertz CT molecular complexity index is 1030. The molecule has 0 fully saturated rings. The van der Waals surface area contributed by atoms with E-state index in [0.29, 0.717) is 16.8 Å². The van der Waals surface area contributed by atoms with Crippen LogP contribution in [0.3, 0.4) is 0 Å². The van der Waals surface area contributed by atoms with E-state index in [-0.39, 0.29) is 11.4 Å². The number of phenolic OH excluding ortho intramolecular Hbond substituents is 1. The lowest BCUT2D eigenvalue weighted by Gasteiger charge is -2.35. The fourth-order valence-corrected chi connectivity index (χ4v) is 3.69. The van der Waals surface area contributed by atoms with Gasteiger partial charge in [-0.2, -0.15) is 0 Å². The second-order valence-electron chi connectivity index (χ2n) is 7.92. The normalized spacial score (nSPS) is 19.1. The van der Waals surface area contributed by atoms with Crippen LogP contribution in [0, 0.1) is 13.8 Å². The first-order valence-corrected chi connectivity index (χ1v) is 9.39. The molecule has 0 atom stereocenters. The zero-order valence-corrected chi connectivity index (χ0v) is 16.5. The van der Waals surface area contributed by atoms with Crippen LogP contribution in [0.25, 0.3) is 6.08 Å². The Kier molecular flexibility index (Phi) is 4.26. The standard InChI is InChI=1S/C23H23NO4/c1-13-14(2)21-16(10-11-23(3,4)27-21)17(20(13)25)12-18-19(24-28-22(18)26)15-8-6-5-7-9-15/h5-9,12,25H,10-11H2,1-4H3/b18-12-. The molecule has 0 aliphatic carbocycles. The van der Waals surface area contributed by atoms with Crippen LogP contribution in [0.15, 0.2) is 41.1 Å². The summed E-state index contributed by atoms with van der Waals surface area (Å²) in [6.07, 6.45) is 3.26. The highest BCUT2D eigenvalue weighted by molar-refractivity contribution is 6.31. The predicted molar refractivity (Wildman–Crippen MR) is 108 cm³/mol. The van der Waals surface area contributed by atoms with Gasteiger partial charge in [0.05, 0.1) is 5.57 Å². The van der Waals surface area contributed by atoms with E-state index in [1.807, 2.05) is 44.2 Å². The molecular weight excluding hydrogens is 354 g/mol. The number of fused-ring (bicyclic) bond motifs is 1. The summed E-state index contributed by atoms with van der Waals surface area (Å²) in [6, 6.07) is 9.40. The third kappa shape index (κ3) is 2.97. The molecule has 0 aromatic heterocycles. The van der Waals surface area contributed by atoms with Crippen molar-refractivity contribution in [3.8, 4) is 11.5 Å². The van der Waals surface area contributed by atoms with Gasteiger partial charge in [0.2, 0.25) is 0 Å². The van der Waals surface area contributed by atoms with Crippen molar-refractivity contribution in [2.24, 2.45) is 5.16 Å². The molecule has 2 aliphatic rings. The lowest BCUT2D eigenvalue weighted by molar-refractivity contribution is -0.136. The van der Waals surface area contributed by atoms with Gasteiger partial charge >= 0.3 is 5.97 Å². The Balaban J connectivity index is 1.89. The Labute approximate surface area is 164 Å². The second kappa shape index (κ2) is 6.51. The second-order valence-corrected chi connectivity index (χ2v) is 7.92. The number of carbonyl (C=O) groups excluding carboxylic acids is 1. The molecule has 2 aromatic rings. The van der Waals surface area contributed by atoms with Gasteiger partial charge in [-0.3, -0.25) is 0 Å². The fraction of sp³-hybridized carbons (Fsp3) is 0.304. The summed E-state index contributed by atoms with van der Waals surface area (Å²) in [4.78, 5) is 17.3. The molecule has 0 spiro atoms. The molecule has 0 bridgehead atoms. The summed E-state index contributed by atoms with van der Waals surface area (Å²) in [7, 11) is 0. The summed E-state index contributed by atoms with van der Waals surface area (Å²) < 4.78 is 6.24. The van der Waals surface area contributed by atoms with E-state index in [1.165, 1.54) is 0 Å². The van der Waals surface area contributed by atoms with Gasteiger partial charge < -0.3 is 14.7 Å². The Morgan fingerprint density at radius 3 is 2.57 bits per heavy atom. The van der Waals surface area contributed by atoms with Crippen LogP contribution < -0.4 is 4.74 Å². The molecule has 2 heterocycles. The molecule has 0 saturated carbocycles. The average molecular weight is 377 g/mol. The van der Waals surface area contributed by atoms with E-state index in [0.717, 1.165) is 40.8 Å². The monoisotopic (exact) mass is 377 g/mol. The number of hydrogen-bond acceptors (Lipinski definition) is 5. The quantitative estimate of drug-likeness (QED) is 0.620. The molecule has 0 unspecified atom stereocenters. The van der Waals surface area contributed by atoms with Crippen molar-refractivity contribution in [1.82, 2.24) is 0 Å². The molecule has 28 heavy (non-hydrogen) atoms. The molecule has 1 N–H and O–H groups in total. The zero-order valence-electron chi connectivity index (χ0n) is 16.5. The highest BCUT2D eigenvalue weighted by atomic mass is 16.7. The fourth-order valence-electron chi connectivity index (χ4n) is 3.69. The lowest BCUT2D eigenvalue weighted by Crippen LogP contribution is -2.33. The average Bonchev–Trinajstić information content (AvgIpc) is 3.04.